The Morgan fingerprint density at radius 3 is 2.33 bits per heavy atom. The number of aromatic nitrogens is 3. The van der Waals surface area contributed by atoms with Gasteiger partial charge >= 0.3 is 0 Å². The molecule has 8 heteroatoms. The normalized spacial score (nSPS) is 16.1. The van der Waals surface area contributed by atoms with Crippen LogP contribution in [0.2, 0.25) is 0 Å². The third kappa shape index (κ3) is 4.59. The summed E-state index contributed by atoms with van der Waals surface area (Å²) in [6.07, 6.45) is 4.78. The topological polar surface area (TPSA) is 84.5 Å². The maximum atomic E-state index is 12.4. The summed E-state index contributed by atoms with van der Waals surface area (Å²) < 4.78 is 2.27. The van der Waals surface area contributed by atoms with Gasteiger partial charge in [-0.05, 0) is 62.1 Å². The van der Waals surface area contributed by atoms with Crippen molar-refractivity contribution in [2.45, 2.75) is 42.8 Å². The highest BCUT2D eigenvalue weighted by molar-refractivity contribution is 7.99. The van der Waals surface area contributed by atoms with Crippen molar-refractivity contribution in [3.8, 4) is 0 Å². The molecule has 0 bridgehead atoms. The largest absolute Gasteiger partial charge is 0.325 e. The molecular formula is C22H22N6OS. The van der Waals surface area contributed by atoms with E-state index < -0.39 is 0 Å². The minimum absolute atomic E-state index is 0.0584. The molecule has 1 heterocycles. The average molecular weight is 419 g/mol. The number of hydrogen-bond acceptors (Lipinski definition) is 6. The van der Waals surface area contributed by atoms with E-state index >= 15 is 0 Å². The van der Waals surface area contributed by atoms with Gasteiger partial charge in [0.05, 0.1) is 17.1 Å². The van der Waals surface area contributed by atoms with Crippen molar-refractivity contribution in [2.24, 2.45) is 10.2 Å². The summed E-state index contributed by atoms with van der Waals surface area (Å²) in [7, 11) is 0. The summed E-state index contributed by atoms with van der Waals surface area (Å²) in [6, 6.07) is 17.4. The maximum Gasteiger partial charge on any atom is 0.234 e. The van der Waals surface area contributed by atoms with E-state index in [0.717, 1.165) is 28.0 Å². The van der Waals surface area contributed by atoms with E-state index in [1.165, 1.54) is 37.4 Å². The summed E-state index contributed by atoms with van der Waals surface area (Å²) >= 11 is 1.46. The van der Waals surface area contributed by atoms with Gasteiger partial charge in [-0.15, -0.1) is 10.2 Å². The summed E-state index contributed by atoms with van der Waals surface area (Å²) in [5.74, 6) is 1.93. The summed E-state index contributed by atoms with van der Waals surface area (Å²) in [5, 5.41) is 20.9. The molecule has 0 radical (unpaired) electrons. The van der Waals surface area contributed by atoms with Crippen molar-refractivity contribution in [1.29, 1.82) is 0 Å². The molecule has 2 fully saturated rings. The quantitative estimate of drug-likeness (QED) is 0.379. The van der Waals surface area contributed by atoms with Crippen LogP contribution >= 0.6 is 11.8 Å². The summed E-state index contributed by atoms with van der Waals surface area (Å²) in [5.41, 5.74) is 2.27. The number of anilines is 1. The van der Waals surface area contributed by atoms with Gasteiger partial charge in [0.2, 0.25) is 5.91 Å². The van der Waals surface area contributed by atoms with Crippen molar-refractivity contribution in [3.63, 3.8) is 0 Å². The van der Waals surface area contributed by atoms with Gasteiger partial charge in [-0.1, -0.05) is 30.0 Å². The minimum Gasteiger partial charge on any atom is -0.325 e. The zero-order valence-electron chi connectivity index (χ0n) is 16.4. The number of hydrogen-bond donors (Lipinski definition) is 1. The number of benzene rings is 2. The van der Waals surface area contributed by atoms with Crippen LogP contribution in [-0.2, 0) is 4.79 Å². The first kappa shape index (κ1) is 19.0. The molecule has 152 valence electrons. The lowest BCUT2D eigenvalue weighted by Crippen LogP contribution is -2.14. The average Bonchev–Trinajstić information content (AvgIpc) is 3.71. The van der Waals surface area contributed by atoms with Crippen molar-refractivity contribution in [1.82, 2.24) is 14.8 Å². The SMILES string of the molecule is O=C(CSc1nnc(C2CC2)n1C1CC1)Nc1ccc(N=Nc2ccccc2)cc1. The molecule has 1 N–H and O–H groups in total. The van der Waals surface area contributed by atoms with Crippen LogP contribution in [0.25, 0.3) is 0 Å². The van der Waals surface area contributed by atoms with Gasteiger partial charge in [0.1, 0.15) is 5.82 Å². The van der Waals surface area contributed by atoms with Gasteiger partial charge in [-0.3, -0.25) is 4.79 Å². The monoisotopic (exact) mass is 418 g/mol. The number of amides is 1. The Kier molecular flexibility index (Phi) is 5.31. The molecule has 0 atom stereocenters. The van der Waals surface area contributed by atoms with E-state index in [1.807, 2.05) is 54.6 Å². The second-order valence-corrected chi connectivity index (χ2v) is 8.58. The van der Waals surface area contributed by atoms with Gasteiger partial charge < -0.3 is 9.88 Å². The first-order valence-electron chi connectivity index (χ1n) is 10.2. The Hall–Kier alpha value is -3.00. The number of carbonyl (C=O) groups excluding carboxylic acids is 1. The van der Waals surface area contributed by atoms with E-state index in [-0.39, 0.29) is 5.91 Å². The zero-order valence-corrected chi connectivity index (χ0v) is 17.3. The number of carbonyl (C=O) groups is 1. The number of azo groups is 1. The molecule has 3 aromatic rings. The molecule has 0 aliphatic heterocycles. The summed E-state index contributed by atoms with van der Waals surface area (Å²) in [4.78, 5) is 12.4. The second-order valence-electron chi connectivity index (χ2n) is 7.64. The Bertz CT molecular complexity index is 1050. The standard InChI is InChI=1S/C22H22N6OS/c29-20(14-30-22-27-26-21(15-6-7-15)28(22)19-12-13-19)23-16-8-10-18(11-9-16)25-24-17-4-2-1-3-5-17/h1-5,8-11,15,19H,6-7,12-14H2,(H,23,29). The maximum absolute atomic E-state index is 12.4. The van der Waals surface area contributed by atoms with E-state index in [0.29, 0.717) is 17.7 Å². The van der Waals surface area contributed by atoms with Crippen molar-refractivity contribution in [3.05, 3.63) is 60.4 Å². The lowest BCUT2D eigenvalue weighted by molar-refractivity contribution is -0.113. The Morgan fingerprint density at radius 1 is 0.967 bits per heavy atom. The smallest absolute Gasteiger partial charge is 0.234 e. The molecule has 0 spiro atoms. The molecule has 5 rings (SSSR count). The van der Waals surface area contributed by atoms with Crippen molar-refractivity contribution >= 4 is 34.7 Å². The zero-order chi connectivity index (χ0) is 20.3. The summed E-state index contributed by atoms with van der Waals surface area (Å²) in [6.45, 7) is 0. The first-order chi connectivity index (χ1) is 14.8. The minimum atomic E-state index is -0.0584. The fourth-order valence-corrected chi connectivity index (χ4v) is 4.04. The van der Waals surface area contributed by atoms with Crippen LogP contribution < -0.4 is 5.32 Å². The molecular weight excluding hydrogens is 396 g/mol. The number of thioether (sulfide) groups is 1. The van der Waals surface area contributed by atoms with E-state index in [2.05, 4.69) is 30.3 Å². The molecule has 2 saturated carbocycles. The molecule has 0 unspecified atom stereocenters. The molecule has 30 heavy (non-hydrogen) atoms. The Balaban J connectivity index is 1.16. The number of rotatable bonds is 8. The highest BCUT2D eigenvalue weighted by Crippen LogP contribution is 2.46. The van der Waals surface area contributed by atoms with Crippen LogP contribution in [0, 0.1) is 0 Å². The fraction of sp³-hybridized carbons (Fsp3) is 0.318. The molecule has 1 aromatic heterocycles. The highest BCUT2D eigenvalue weighted by atomic mass is 32.2. The highest BCUT2D eigenvalue weighted by Gasteiger charge is 2.36. The van der Waals surface area contributed by atoms with E-state index in [1.54, 1.807) is 0 Å². The predicted molar refractivity (Wildman–Crippen MR) is 117 cm³/mol. The predicted octanol–water partition coefficient (Wildman–Crippen LogP) is 5.64. The van der Waals surface area contributed by atoms with Crippen molar-refractivity contribution < 1.29 is 4.79 Å². The van der Waals surface area contributed by atoms with Gasteiger partial charge in [0, 0.05) is 17.6 Å². The Labute approximate surface area is 179 Å². The first-order valence-corrected chi connectivity index (χ1v) is 11.2. The van der Waals surface area contributed by atoms with Crippen molar-refractivity contribution in [2.75, 3.05) is 11.1 Å². The molecule has 7 nitrogen and oxygen atoms in total. The molecule has 2 aliphatic rings. The van der Waals surface area contributed by atoms with Gasteiger partial charge in [-0.25, -0.2) is 0 Å². The van der Waals surface area contributed by atoms with Crippen LogP contribution in [-0.4, -0.2) is 26.4 Å². The molecule has 2 aromatic carbocycles. The van der Waals surface area contributed by atoms with E-state index in [4.69, 9.17) is 0 Å². The van der Waals surface area contributed by atoms with Gasteiger partial charge in [0.25, 0.3) is 0 Å². The second kappa shape index (κ2) is 8.39. The van der Waals surface area contributed by atoms with Gasteiger partial charge in [-0.2, -0.15) is 10.2 Å². The lowest BCUT2D eigenvalue weighted by Gasteiger charge is -2.08. The third-order valence-electron chi connectivity index (χ3n) is 5.07. The molecule has 1 amide bonds. The Morgan fingerprint density at radius 2 is 1.67 bits per heavy atom. The molecule has 0 saturated heterocycles. The lowest BCUT2D eigenvalue weighted by atomic mass is 10.3. The van der Waals surface area contributed by atoms with Gasteiger partial charge in [0.15, 0.2) is 5.16 Å². The number of nitrogens with zero attached hydrogens (tertiary/aromatic N) is 5. The van der Waals surface area contributed by atoms with Crippen LogP contribution in [0.5, 0.6) is 0 Å². The van der Waals surface area contributed by atoms with Crippen LogP contribution in [0.15, 0.2) is 70.0 Å². The van der Waals surface area contributed by atoms with Crippen LogP contribution in [0.3, 0.4) is 0 Å². The van der Waals surface area contributed by atoms with Crippen LogP contribution in [0.1, 0.15) is 43.5 Å². The fourth-order valence-electron chi connectivity index (χ4n) is 3.23. The van der Waals surface area contributed by atoms with Crippen LogP contribution in [0.4, 0.5) is 17.1 Å². The van der Waals surface area contributed by atoms with E-state index in [9.17, 15) is 4.79 Å². The third-order valence-corrected chi connectivity index (χ3v) is 6.01. The molecule has 2 aliphatic carbocycles. The number of nitrogens with one attached hydrogen (secondary N) is 1.